The molecule has 2 fully saturated rings. The van der Waals surface area contributed by atoms with Gasteiger partial charge in [0.25, 0.3) is 5.91 Å². The molecule has 2 saturated heterocycles. The lowest BCUT2D eigenvalue weighted by Crippen LogP contribution is -2.45. The summed E-state index contributed by atoms with van der Waals surface area (Å²) in [6.45, 7) is 7.05. The van der Waals surface area contributed by atoms with Gasteiger partial charge in [-0.05, 0) is 56.8 Å². The molecule has 10 nitrogen and oxygen atoms in total. The van der Waals surface area contributed by atoms with Gasteiger partial charge in [-0.1, -0.05) is 0 Å². The van der Waals surface area contributed by atoms with Gasteiger partial charge in [0, 0.05) is 58.1 Å². The van der Waals surface area contributed by atoms with Gasteiger partial charge in [0.2, 0.25) is 5.91 Å². The highest BCUT2D eigenvalue weighted by Gasteiger charge is 2.52. The van der Waals surface area contributed by atoms with Crippen LogP contribution in [0.5, 0.6) is 5.75 Å². The molecule has 0 atom stereocenters. The topological polar surface area (TPSA) is 98.3 Å². The van der Waals surface area contributed by atoms with Crippen molar-refractivity contribution in [2.24, 2.45) is 0 Å². The Balaban J connectivity index is 1.56. The Labute approximate surface area is 224 Å². The van der Waals surface area contributed by atoms with Crippen LogP contribution in [0.3, 0.4) is 0 Å². The SMILES string of the molecule is CN1CCN(CCC(=O)Nc2cc(N3C(=O)N(Cc4ccncc4)C(C)(C)C3=O)ccc2OC(F)(F)F)CC1. The van der Waals surface area contributed by atoms with Crippen LogP contribution in [0.25, 0.3) is 0 Å². The Morgan fingerprint density at radius 1 is 1.08 bits per heavy atom. The molecule has 210 valence electrons. The number of carbonyl (C=O) groups excluding carboxylic acids is 3. The second-order valence-corrected chi connectivity index (χ2v) is 10.1. The standard InChI is InChI=1S/C26H31F3N6O4/c1-25(2)23(37)35(24(38)34(25)17-18-6-9-30-10-7-18)19-4-5-21(39-26(27,28)29)20(16-19)31-22(36)8-11-33-14-12-32(3)13-15-33/h4-7,9-10,16H,8,11-15,17H2,1-3H3,(H,31,36). The summed E-state index contributed by atoms with van der Waals surface area (Å²) in [4.78, 5) is 49.9. The van der Waals surface area contributed by atoms with Crippen molar-refractivity contribution < 1.29 is 32.3 Å². The van der Waals surface area contributed by atoms with Crippen molar-refractivity contribution in [3.05, 3.63) is 48.3 Å². The van der Waals surface area contributed by atoms with E-state index in [0.717, 1.165) is 48.8 Å². The molecule has 0 unspecified atom stereocenters. The minimum absolute atomic E-state index is 0.0131. The normalized spacial score (nSPS) is 18.5. The van der Waals surface area contributed by atoms with E-state index in [4.69, 9.17) is 0 Å². The van der Waals surface area contributed by atoms with E-state index in [-0.39, 0.29) is 24.3 Å². The molecule has 13 heteroatoms. The number of piperazine rings is 1. The predicted molar refractivity (Wildman–Crippen MR) is 137 cm³/mol. The molecule has 2 aliphatic heterocycles. The largest absolute Gasteiger partial charge is 0.573 e. The van der Waals surface area contributed by atoms with Gasteiger partial charge in [-0.3, -0.25) is 14.6 Å². The first kappa shape index (κ1) is 28.3. The maximum Gasteiger partial charge on any atom is 0.573 e. The first-order valence-corrected chi connectivity index (χ1v) is 12.5. The zero-order valence-electron chi connectivity index (χ0n) is 22.0. The molecular weight excluding hydrogens is 517 g/mol. The van der Waals surface area contributed by atoms with Gasteiger partial charge >= 0.3 is 12.4 Å². The summed E-state index contributed by atoms with van der Waals surface area (Å²) in [5.74, 6) is -1.72. The third kappa shape index (κ3) is 6.66. The van der Waals surface area contributed by atoms with Crippen molar-refractivity contribution in [2.45, 2.75) is 38.7 Å². The highest BCUT2D eigenvalue weighted by molar-refractivity contribution is 6.23. The van der Waals surface area contributed by atoms with E-state index >= 15 is 0 Å². The van der Waals surface area contributed by atoms with E-state index in [1.807, 2.05) is 7.05 Å². The molecule has 1 aromatic heterocycles. The van der Waals surface area contributed by atoms with Crippen LogP contribution in [-0.2, 0) is 16.1 Å². The smallest absolute Gasteiger partial charge is 0.404 e. The Morgan fingerprint density at radius 3 is 2.38 bits per heavy atom. The number of pyridine rings is 1. The molecule has 3 heterocycles. The average Bonchev–Trinajstić information content (AvgIpc) is 3.04. The summed E-state index contributed by atoms with van der Waals surface area (Å²) in [6, 6.07) is 6.11. The first-order valence-electron chi connectivity index (χ1n) is 12.5. The van der Waals surface area contributed by atoms with Gasteiger partial charge in [0.05, 0.1) is 11.4 Å². The number of imide groups is 1. The summed E-state index contributed by atoms with van der Waals surface area (Å²) in [6.07, 6.45) is -1.82. The number of anilines is 2. The highest BCUT2D eigenvalue weighted by atomic mass is 19.4. The van der Waals surface area contributed by atoms with Crippen molar-refractivity contribution in [1.29, 1.82) is 0 Å². The van der Waals surface area contributed by atoms with Gasteiger partial charge in [0.15, 0.2) is 5.75 Å². The maximum absolute atomic E-state index is 13.4. The van der Waals surface area contributed by atoms with E-state index in [9.17, 15) is 27.6 Å². The number of ether oxygens (including phenoxy) is 1. The molecule has 1 aromatic carbocycles. The Hall–Kier alpha value is -3.71. The quantitative estimate of drug-likeness (QED) is 0.506. The summed E-state index contributed by atoms with van der Waals surface area (Å²) in [5, 5.41) is 2.48. The van der Waals surface area contributed by atoms with Crippen LogP contribution >= 0.6 is 0 Å². The van der Waals surface area contributed by atoms with Crippen molar-refractivity contribution in [1.82, 2.24) is 19.7 Å². The fraction of sp³-hybridized carbons (Fsp3) is 0.462. The monoisotopic (exact) mass is 548 g/mol. The molecule has 0 radical (unpaired) electrons. The third-order valence-electron chi connectivity index (χ3n) is 6.89. The lowest BCUT2D eigenvalue weighted by Gasteiger charge is -2.32. The van der Waals surface area contributed by atoms with E-state index in [1.54, 1.807) is 38.4 Å². The number of hydrogen-bond acceptors (Lipinski definition) is 7. The van der Waals surface area contributed by atoms with Crippen LogP contribution in [-0.4, -0.2) is 89.2 Å². The first-order chi connectivity index (χ1) is 18.3. The van der Waals surface area contributed by atoms with E-state index in [2.05, 4.69) is 24.8 Å². The molecule has 4 amide bonds. The fourth-order valence-electron chi connectivity index (χ4n) is 4.51. The molecule has 0 aliphatic carbocycles. The van der Waals surface area contributed by atoms with Gasteiger partial charge in [-0.2, -0.15) is 0 Å². The molecule has 1 N–H and O–H groups in total. The number of aromatic nitrogens is 1. The van der Waals surface area contributed by atoms with Crippen LogP contribution in [0.15, 0.2) is 42.7 Å². The van der Waals surface area contributed by atoms with Crippen LogP contribution in [0, 0.1) is 0 Å². The minimum atomic E-state index is -5.01. The van der Waals surface area contributed by atoms with E-state index < -0.39 is 35.5 Å². The zero-order chi connectivity index (χ0) is 28.4. The Bertz CT molecular complexity index is 1220. The summed E-state index contributed by atoms with van der Waals surface area (Å²) < 4.78 is 43.4. The second kappa shape index (κ2) is 11.2. The molecule has 0 spiro atoms. The number of benzene rings is 1. The van der Waals surface area contributed by atoms with Crippen LogP contribution in [0.2, 0.25) is 0 Å². The molecule has 2 aliphatic rings. The number of alkyl halides is 3. The summed E-state index contributed by atoms with van der Waals surface area (Å²) in [7, 11) is 2.01. The number of urea groups is 1. The fourth-order valence-corrected chi connectivity index (χ4v) is 4.51. The molecule has 0 bridgehead atoms. The van der Waals surface area contributed by atoms with E-state index in [0.29, 0.717) is 6.54 Å². The maximum atomic E-state index is 13.4. The Morgan fingerprint density at radius 2 is 1.74 bits per heavy atom. The van der Waals surface area contributed by atoms with Crippen molar-refractivity contribution in [3.63, 3.8) is 0 Å². The lowest BCUT2D eigenvalue weighted by molar-refractivity contribution is -0.274. The van der Waals surface area contributed by atoms with Gasteiger partial charge in [-0.15, -0.1) is 13.2 Å². The Kier molecular flexibility index (Phi) is 8.12. The number of rotatable bonds is 8. The molecule has 39 heavy (non-hydrogen) atoms. The van der Waals surface area contributed by atoms with Crippen molar-refractivity contribution >= 4 is 29.2 Å². The molecule has 4 rings (SSSR count). The predicted octanol–water partition coefficient (Wildman–Crippen LogP) is 3.30. The number of halogens is 3. The molecule has 2 aromatic rings. The lowest BCUT2D eigenvalue weighted by atomic mass is 10.0. The van der Waals surface area contributed by atoms with Gasteiger partial charge in [0.1, 0.15) is 5.54 Å². The number of likely N-dealkylation sites (N-methyl/N-ethyl adjacent to an activating group) is 1. The minimum Gasteiger partial charge on any atom is -0.404 e. The van der Waals surface area contributed by atoms with Crippen molar-refractivity contribution in [2.75, 3.05) is 50.0 Å². The van der Waals surface area contributed by atoms with Crippen LogP contribution < -0.4 is 15.0 Å². The van der Waals surface area contributed by atoms with Gasteiger partial charge < -0.3 is 24.8 Å². The number of carbonyl (C=O) groups is 3. The number of nitrogens with one attached hydrogen (secondary N) is 1. The number of nitrogens with zero attached hydrogens (tertiary/aromatic N) is 5. The zero-order valence-corrected chi connectivity index (χ0v) is 22.0. The summed E-state index contributed by atoms with van der Waals surface area (Å²) >= 11 is 0. The molecule has 0 saturated carbocycles. The number of amides is 4. The summed E-state index contributed by atoms with van der Waals surface area (Å²) in [5.41, 5.74) is -0.755. The second-order valence-electron chi connectivity index (χ2n) is 10.1. The van der Waals surface area contributed by atoms with Gasteiger partial charge in [-0.25, -0.2) is 9.69 Å². The van der Waals surface area contributed by atoms with Crippen LogP contribution in [0.1, 0.15) is 25.8 Å². The van der Waals surface area contributed by atoms with E-state index in [1.165, 1.54) is 11.0 Å². The van der Waals surface area contributed by atoms with Crippen LogP contribution in [0.4, 0.5) is 29.3 Å². The number of hydrogen-bond donors (Lipinski definition) is 1. The average molecular weight is 549 g/mol. The highest BCUT2D eigenvalue weighted by Crippen LogP contribution is 2.38. The van der Waals surface area contributed by atoms with Crippen molar-refractivity contribution in [3.8, 4) is 5.75 Å². The molecular formula is C26H31F3N6O4. The third-order valence-corrected chi connectivity index (χ3v) is 6.89.